The van der Waals surface area contributed by atoms with Crippen molar-refractivity contribution in [1.82, 2.24) is 5.32 Å². The third kappa shape index (κ3) is 4.26. The summed E-state index contributed by atoms with van der Waals surface area (Å²) in [6.45, 7) is 0. The van der Waals surface area contributed by atoms with Crippen LogP contribution in [0.15, 0.2) is 0 Å². The second kappa shape index (κ2) is 7.71. The third-order valence-corrected chi connectivity index (χ3v) is 3.35. The molecule has 0 radical (unpaired) electrons. The molecule has 2 aliphatic rings. The second-order valence-corrected chi connectivity index (χ2v) is 4.82. The Hall–Kier alpha value is -0.982. The van der Waals surface area contributed by atoms with Crippen LogP contribution in [0.3, 0.4) is 0 Å². The van der Waals surface area contributed by atoms with Crippen molar-refractivity contribution >= 4 is 17.8 Å². The minimum Gasteiger partial charge on any atom is -0.547 e. The number of carbonyl (C=O) groups is 3. The van der Waals surface area contributed by atoms with Crippen LogP contribution in [0.5, 0.6) is 0 Å². The molecule has 0 aromatic carbocycles. The number of rotatable bonds is 2. The molecule has 2 atom stereocenters. The van der Waals surface area contributed by atoms with Gasteiger partial charge in [0, 0.05) is 12.1 Å². The zero-order valence-corrected chi connectivity index (χ0v) is 13.0. The fourth-order valence-corrected chi connectivity index (χ4v) is 1.98. The Morgan fingerprint density at radius 3 is 1.60 bits per heavy atom. The summed E-state index contributed by atoms with van der Waals surface area (Å²) in [5, 5.41) is 22.0. The van der Waals surface area contributed by atoms with E-state index in [1.54, 1.807) is 5.32 Å². The van der Waals surface area contributed by atoms with E-state index in [2.05, 4.69) is 0 Å². The Balaban J connectivity index is 0.000000359. The summed E-state index contributed by atoms with van der Waals surface area (Å²) >= 11 is 0. The molecule has 116 valence electrons. The fraction of sp³-hybridized carbons (Fsp3) is 0.727. The van der Waals surface area contributed by atoms with Gasteiger partial charge in [0.05, 0.1) is 18.4 Å². The molecule has 0 spiro atoms. The molecule has 1 aliphatic carbocycles. The summed E-state index contributed by atoms with van der Waals surface area (Å²) in [4.78, 5) is 30.5. The van der Waals surface area contributed by atoms with Gasteiger partial charge in [0.2, 0.25) is 5.91 Å². The topological polar surface area (TPSA) is 161 Å². The van der Waals surface area contributed by atoms with Gasteiger partial charge in [0.15, 0.2) is 0 Å². The maximum Gasteiger partial charge on any atom is 2.00 e. The molecule has 0 bridgehead atoms. The van der Waals surface area contributed by atoms with Gasteiger partial charge in [-0.2, -0.15) is 0 Å². The largest absolute Gasteiger partial charge is 2.00 e. The van der Waals surface area contributed by atoms with Crippen LogP contribution in [-0.2, 0) is 35.4 Å². The first-order valence-corrected chi connectivity index (χ1v) is 6.04. The molecule has 1 saturated carbocycles. The summed E-state index contributed by atoms with van der Waals surface area (Å²) in [5.74, 6) is -4.34. The maximum atomic E-state index is 10.2. The number of aliphatic carboxylic acids is 2. The van der Waals surface area contributed by atoms with E-state index in [9.17, 15) is 24.6 Å². The van der Waals surface area contributed by atoms with E-state index in [1.807, 2.05) is 0 Å². The van der Waals surface area contributed by atoms with Gasteiger partial charge in [-0.15, -0.1) is 0 Å². The number of hydrogen-bond acceptors (Lipinski definition) is 7. The van der Waals surface area contributed by atoms with Gasteiger partial charge in [-0.05, 0) is 12.8 Å². The van der Waals surface area contributed by atoms with Gasteiger partial charge in [0.1, 0.15) is 5.54 Å². The molecule has 5 N–H and O–H groups in total. The van der Waals surface area contributed by atoms with E-state index in [1.165, 1.54) is 12.8 Å². The van der Waals surface area contributed by atoms with Gasteiger partial charge in [-0.25, -0.2) is 0 Å². The Morgan fingerprint density at radius 2 is 1.45 bits per heavy atom. The van der Waals surface area contributed by atoms with E-state index in [-0.39, 0.29) is 33.1 Å². The number of hydrogen-bond donors (Lipinski definition) is 3. The normalized spacial score (nSPS) is 26.8. The molecular formula is C11H17N3O5Pt. The maximum absolute atomic E-state index is 10.2. The Labute approximate surface area is 130 Å². The van der Waals surface area contributed by atoms with Crippen molar-refractivity contribution in [2.75, 3.05) is 0 Å². The predicted octanol–water partition coefficient (Wildman–Crippen LogP) is -4.04. The van der Waals surface area contributed by atoms with Crippen molar-refractivity contribution in [3.8, 4) is 0 Å². The standard InChI is InChI=1S/C6H14N2.C5H5NO5.Pt/c7-5-3-1-2-4-6(5)8;7-2-1-5(6-2,3(8)9)4(10)11;/h5-6H,1-4,7-8H2;1H2,(H,6,7)(H,8,9)(H,10,11);/q;;+2/p-2. The molecule has 2 unspecified atom stereocenters. The van der Waals surface area contributed by atoms with Gasteiger partial charge in [0.25, 0.3) is 0 Å². The number of β-lactam (4-membered cyclic amide) rings is 1. The Morgan fingerprint density at radius 1 is 1.10 bits per heavy atom. The smallest absolute Gasteiger partial charge is 0.547 e. The monoisotopic (exact) mass is 466 g/mol. The summed E-state index contributed by atoms with van der Waals surface area (Å²) in [6.07, 6.45) is 4.18. The molecule has 1 heterocycles. The van der Waals surface area contributed by atoms with Crippen molar-refractivity contribution in [1.29, 1.82) is 0 Å². The minimum atomic E-state index is -2.29. The zero-order valence-electron chi connectivity index (χ0n) is 10.7. The van der Waals surface area contributed by atoms with Gasteiger partial charge in [-0.1, -0.05) is 12.8 Å². The summed E-state index contributed by atoms with van der Waals surface area (Å²) in [6, 6.07) is 0.562. The SMILES string of the molecule is NC1CCCCC1N.O=C1CC(C(=O)[O-])(C(=O)[O-])N1.[Pt+2]. The molecule has 1 amide bonds. The molecule has 2 rings (SSSR count). The first-order valence-electron chi connectivity index (χ1n) is 6.04. The molecule has 9 heteroatoms. The average Bonchev–Trinajstić information content (AvgIpc) is 2.28. The van der Waals surface area contributed by atoms with E-state index in [0.717, 1.165) is 12.8 Å². The van der Waals surface area contributed by atoms with Crippen molar-refractivity contribution in [3.63, 3.8) is 0 Å². The van der Waals surface area contributed by atoms with Crippen molar-refractivity contribution in [2.24, 2.45) is 11.5 Å². The average molecular weight is 466 g/mol. The Kier molecular flexibility index (Phi) is 7.33. The molecule has 0 aromatic rings. The van der Waals surface area contributed by atoms with Gasteiger partial charge < -0.3 is 36.6 Å². The molecule has 2 fully saturated rings. The van der Waals surface area contributed by atoms with Crippen LogP contribution in [0.25, 0.3) is 0 Å². The second-order valence-electron chi connectivity index (χ2n) is 4.82. The van der Waals surface area contributed by atoms with Crippen LogP contribution in [-0.4, -0.2) is 35.5 Å². The van der Waals surface area contributed by atoms with Crippen molar-refractivity contribution < 1.29 is 45.7 Å². The van der Waals surface area contributed by atoms with Crippen LogP contribution < -0.4 is 27.0 Å². The van der Waals surface area contributed by atoms with Crippen LogP contribution in [0.4, 0.5) is 0 Å². The summed E-state index contributed by atoms with van der Waals surface area (Å²) in [7, 11) is 0. The van der Waals surface area contributed by atoms with Crippen LogP contribution in [0.2, 0.25) is 0 Å². The van der Waals surface area contributed by atoms with E-state index in [0.29, 0.717) is 0 Å². The molecule has 20 heavy (non-hydrogen) atoms. The van der Waals surface area contributed by atoms with E-state index >= 15 is 0 Å². The van der Waals surface area contributed by atoms with Crippen molar-refractivity contribution in [2.45, 2.75) is 49.7 Å². The van der Waals surface area contributed by atoms with E-state index < -0.39 is 29.8 Å². The summed E-state index contributed by atoms with van der Waals surface area (Å²) < 4.78 is 0. The molecular weight excluding hydrogens is 449 g/mol. The first kappa shape index (κ1) is 19.0. The molecule has 1 saturated heterocycles. The molecule has 8 nitrogen and oxygen atoms in total. The summed E-state index contributed by atoms with van der Waals surface area (Å²) in [5.41, 5.74) is 9.01. The first-order chi connectivity index (χ1) is 8.79. The van der Waals surface area contributed by atoms with E-state index in [4.69, 9.17) is 11.5 Å². The number of nitrogens with one attached hydrogen (secondary N) is 1. The van der Waals surface area contributed by atoms with Crippen molar-refractivity contribution in [3.05, 3.63) is 0 Å². The number of nitrogens with two attached hydrogens (primary N) is 2. The number of carbonyl (C=O) groups excluding carboxylic acids is 3. The fourth-order valence-electron chi connectivity index (χ4n) is 1.98. The quantitative estimate of drug-likeness (QED) is 0.276. The zero-order chi connectivity index (χ0) is 14.6. The molecule has 1 aliphatic heterocycles. The Bertz CT molecular complexity index is 356. The van der Waals surface area contributed by atoms with Gasteiger partial charge in [-0.3, -0.25) is 4.79 Å². The predicted molar refractivity (Wildman–Crippen MR) is 59.9 cm³/mol. The van der Waals surface area contributed by atoms with Crippen LogP contribution in [0.1, 0.15) is 32.1 Å². The van der Waals surface area contributed by atoms with Crippen LogP contribution in [0, 0.1) is 0 Å². The van der Waals surface area contributed by atoms with Crippen LogP contribution >= 0.6 is 0 Å². The molecule has 0 aromatic heterocycles. The minimum absolute atomic E-state index is 0. The number of amides is 1. The number of carboxylic acids is 2. The number of carboxylic acid groups (broad SMARTS) is 2. The van der Waals surface area contributed by atoms with Gasteiger partial charge >= 0.3 is 21.1 Å². The third-order valence-electron chi connectivity index (χ3n) is 3.35.